The molecule has 1 amide bonds. The van der Waals surface area contributed by atoms with Gasteiger partial charge in [0.25, 0.3) is 0 Å². The summed E-state index contributed by atoms with van der Waals surface area (Å²) in [6, 6.07) is 0. The minimum absolute atomic E-state index is 0.126. The number of nitrogens with one attached hydrogen (secondary N) is 1. The molecule has 1 rings (SSSR count). The van der Waals surface area contributed by atoms with Gasteiger partial charge in [-0.1, -0.05) is 6.08 Å². The van der Waals surface area contributed by atoms with Gasteiger partial charge in [0.2, 0.25) is 5.91 Å². The zero-order valence-electron chi connectivity index (χ0n) is 10.2. The highest BCUT2D eigenvalue weighted by Crippen LogP contribution is 2.17. The van der Waals surface area contributed by atoms with Crippen molar-refractivity contribution in [3.05, 3.63) is 12.7 Å². The fraction of sp³-hybridized carbons (Fsp3) is 0.727. The first kappa shape index (κ1) is 15.0. The molecule has 1 aliphatic rings. The highest BCUT2D eigenvalue weighted by molar-refractivity contribution is 5.78. The first-order chi connectivity index (χ1) is 8.40. The van der Waals surface area contributed by atoms with E-state index in [1.807, 2.05) is 4.90 Å². The van der Waals surface area contributed by atoms with Crippen LogP contribution in [0.4, 0.5) is 13.2 Å². The van der Waals surface area contributed by atoms with Gasteiger partial charge in [-0.2, -0.15) is 13.2 Å². The summed E-state index contributed by atoms with van der Waals surface area (Å²) in [5.41, 5.74) is 0. The molecular formula is C11H18F3N3O. The number of carbonyl (C=O) groups excluding carboxylic acids is 1. The highest BCUT2D eigenvalue weighted by Gasteiger charge is 2.32. The Labute approximate surface area is 104 Å². The molecule has 0 radical (unpaired) electrons. The second-order valence-electron chi connectivity index (χ2n) is 4.26. The molecule has 1 fully saturated rings. The second-order valence-corrected chi connectivity index (χ2v) is 4.26. The fourth-order valence-corrected chi connectivity index (χ4v) is 1.80. The minimum atomic E-state index is -4.15. The molecule has 1 heterocycles. The lowest BCUT2D eigenvalue weighted by atomic mass is 10.3. The molecular weight excluding hydrogens is 247 g/mol. The zero-order chi connectivity index (χ0) is 13.6. The zero-order valence-corrected chi connectivity index (χ0v) is 10.2. The normalized spacial score (nSPS) is 18.6. The summed E-state index contributed by atoms with van der Waals surface area (Å²) in [4.78, 5) is 14.6. The van der Waals surface area contributed by atoms with Crippen LogP contribution in [0.25, 0.3) is 0 Å². The Bertz CT molecular complexity index is 286. The van der Waals surface area contributed by atoms with Crippen molar-refractivity contribution in [2.75, 3.05) is 45.8 Å². The summed E-state index contributed by atoms with van der Waals surface area (Å²) in [6.45, 7) is 4.90. The number of piperazine rings is 1. The van der Waals surface area contributed by atoms with Gasteiger partial charge in [0.15, 0.2) is 0 Å². The van der Waals surface area contributed by atoms with Crippen molar-refractivity contribution in [1.82, 2.24) is 15.1 Å². The smallest absolute Gasteiger partial charge is 0.352 e. The van der Waals surface area contributed by atoms with Gasteiger partial charge in [-0.3, -0.25) is 14.6 Å². The van der Waals surface area contributed by atoms with E-state index in [0.717, 1.165) is 0 Å². The molecule has 104 valence electrons. The molecule has 0 atom stereocenters. The molecule has 0 aromatic carbocycles. The molecule has 18 heavy (non-hydrogen) atoms. The third-order valence-electron chi connectivity index (χ3n) is 2.68. The lowest BCUT2D eigenvalue weighted by Crippen LogP contribution is -2.51. The number of halogens is 3. The third-order valence-corrected chi connectivity index (χ3v) is 2.68. The highest BCUT2D eigenvalue weighted by atomic mass is 19.4. The third kappa shape index (κ3) is 6.02. The van der Waals surface area contributed by atoms with Crippen LogP contribution < -0.4 is 5.32 Å². The summed E-state index contributed by atoms with van der Waals surface area (Å²) in [7, 11) is 0. The maximum absolute atomic E-state index is 12.2. The number of amides is 1. The van der Waals surface area contributed by atoms with Crippen LogP contribution in [0.2, 0.25) is 0 Å². The fourth-order valence-electron chi connectivity index (χ4n) is 1.80. The average Bonchev–Trinajstić information content (AvgIpc) is 2.27. The van der Waals surface area contributed by atoms with E-state index in [-0.39, 0.29) is 12.5 Å². The Kier molecular flexibility index (Phi) is 5.61. The van der Waals surface area contributed by atoms with Crippen molar-refractivity contribution >= 4 is 5.91 Å². The summed E-state index contributed by atoms with van der Waals surface area (Å²) < 4.78 is 36.5. The number of rotatable bonds is 5. The molecule has 0 bridgehead atoms. The summed E-state index contributed by atoms with van der Waals surface area (Å²) in [5, 5.41) is 2.64. The van der Waals surface area contributed by atoms with E-state index in [2.05, 4.69) is 11.9 Å². The van der Waals surface area contributed by atoms with Crippen molar-refractivity contribution in [1.29, 1.82) is 0 Å². The van der Waals surface area contributed by atoms with Crippen LogP contribution >= 0.6 is 0 Å². The average molecular weight is 265 g/mol. The number of alkyl halides is 3. The van der Waals surface area contributed by atoms with E-state index < -0.39 is 12.7 Å². The van der Waals surface area contributed by atoms with Crippen LogP contribution in [0.15, 0.2) is 12.7 Å². The molecule has 1 aliphatic heterocycles. The molecule has 0 aromatic heterocycles. The molecule has 1 saturated heterocycles. The molecule has 0 saturated carbocycles. The van der Waals surface area contributed by atoms with Gasteiger partial charge >= 0.3 is 6.18 Å². The number of carbonyl (C=O) groups is 1. The van der Waals surface area contributed by atoms with Crippen LogP contribution in [0.5, 0.6) is 0 Å². The molecule has 0 aromatic rings. The Morgan fingerprint density at radius 2 is 1.78 bits per heavy atom. The number of hydrogen-bond donors (Lipinski definition) is 1. The molecule has 0 aliphatic carbocycles. The first-order valence-electron chi connectivity index (χ1n) is 5.80. The molecule has 4 nitrogen and oxygen atoms in total. The van der Waals surface area contributed by atoms with E-state index in [9.17, 15) is 18.0 Å². The summed E-state index contributed by atoms with van der Waals surface area (Å²) in [6.07, 6.45) is -2.57. The van der Waals surface area contributed by atoms with Gasteiger partial charge in [-0.05, 0) is 0 Å². The van der Waals surface area contributed by atoms with Crippen LogP contribution in [0.1, 0.15) is 0 Å². The Balaban J connectivity index is 2.23. The Hall–Kier alpha value is -1.08. The van der Waals surface area contributed by atoms with E-state index >= 15 is 0 Å². The summed E-state index contributed by atoms with van der Waals surface area (Å²) >= 11 is 0. The van der Waals surface area contributed by atoms with E-state index in [1.165, 1.54) is 4.90 Å². The van der Waals surface area contributed by atoms with Crippen LogP contribution in [-0.2, 0) is 4.79 Å². The predicted molar refractivity (Wildman–Crippen MR) is 62.1 cm³/mol. The minimum Gasteiger partial charge on any atom is -0.352 e. The van der Waals surface area contributed by atoms with Crippen molar-refractivity contribution in [2.45, 2.75) is 6.18 Å². The van der Waals surface area contributed by atoms with Gasteiger partial charge in [-0.15, -0.1) is 6.58 Å². The van der Waals surface area contributed by atoms with E-state index in [1.54, 1.807) is 6.08 Å². The maximum atomic E-state index is 12.2. The largest absolute Gasteiger partial charge is 0.401 e. The van der Waals surface area contributed by atoms with Gasteiger partial charge in [0, 0.05) is 32.7 Å². The molecule has 0 unspecified atom stereocenters. The quantitative estimate of drug-likeness (QED) is 0.734. The van der Waals surface area contributed by atoms with Gasteiger partial charge in [0.1, 0.15) is 0 Å². The van der Waals surface area contributed by atoms with E-state index in [0.29, 0.717) is 32.7 Å². The first-order valence-corrected chi connectivity index (χ1v) is 5.80. The van der Waals surface area contributed by atoms with Crippen molar-refractivity contribution in [2.24, 2.45) is 0 Å². The van der Waals surface area contributed by atoms with Crippen molar-refractivity contribution in [3.8, 4) is 0 Å². The lowest BCUT2D eigenvalue weighted by molar-refractivity contribution is -0.149. The predicted octanol–water partition coefficient (Wildman–Crippen LogP) is 0.468. The molecule has 7 heteroatoms. The van der Waals surface area contributed by atoms with Crippen LogP contribution in [0, 0.1) is 0 Å². The maximum Gasteiger partial charge on any atom is 0.401 e. The van der Waals surface area contributed by atoms with E-state index in [4.69, 9.17) is 0 Å². The molecule has 1 N–H and O–H groups in total. The van der Waals surface area contributed by atoms with Crippen molar-refractivity contribution < 1.29 is 18.0 Å². The molecule has 0 spiro atoms. The number of hydrogen-bond acceptors (Lipinski definition) is 3. The van der Waals surface area contributed by atoms with Gasteiger partial charge < -0.3 is 5.32 Å². The number of nitrogens with zero attached hydrogens (tertiary/aromatic N) is 2. The topological polar surface area (TPSA) is 35.6 Å². The Morgan fingerprint density at radius 1 is 1.22 bits per heavy atom. The second kappa shape index (κ2) is 6.75. The summed E-state index contributed by atoms with van der Waals surface area (Å²) in [5.74, 6) is -0.126. The lowest BCUT2D eigenvalue weighted by Gasteiger charge is -2.34. The SMILES string of the molecule is C=CCNC(=O)CN1CCN(CC(F)(F)F)CC1. The monoisotopic (exact) mass is 265 g/mol. The van der Waals surface area contributed by atoms with Crippen molar-refractivity contribution in [3.63, 3.8) is 0 Å². The van der Waals surface area contributed by atoms with Crippen LogP contribution in [-0.4, -0.2) is 67.7 Å². The van der Waals surface area contributed by atoms with Gasteiger partial charge in [0.05, 0.1) is 13.1 Å². The standard InChI is InChI=1S/C11H18F3N3O/c1-2-3-15-10(18)8-16-4-6-17(7-5-16)9-11(12,13)14/h2H,1,3-9H2,(H,15,18). The van der Waals surface area contributed by atoms with Gasteiger partial charge in [-0.25, -0.2) is 0 Å². The van der Waals surface area contributed by atoms with Crippen LogP contribution in [0.3, 0.4) is 0 Å². The Morgan fingerprint density at radius 3 is 2.28 bits per heavy atom.